The average molecular weight is 469 g/mol. The number of phenolic OH excluding ortho intramolecular Hbond substituents is 1. The summed E-state index contributed by atoms with van der Waals surface area (Å²) in [5.41, 5.74) is 3.55. The smallest absolute Gasteiger partial charge is 0.126 e. The Balaban J connectivity index is 1.72. The van der Waals surface area contributed by atoms with Crippen LogP contribution in [0.15, 0.2) is 76.2 Å². The number of ether oxygens (including phenoxy) is 1. The molecular weight excluding hydrogens is 447 g/mol. The lowest BCUT2D eigenvalue weighted by Gasteiger charge is -2.31. The second-order valence-electron chi connectivity index (χ2n) is 7.11. The Morgan fingerprint density at radius 3 is 2.53 bits per heavy atom. The van der Waals surface area contributed by atoms with Crippen molar-refractivity contribution in [2.75, 3.05) is 6.61 Å². The number of hydrogen-bond donors (Lipinski definition) is 2. The molecule has 0 fully saturated rings. The number of aromatic hydroxyl groups is 1. The number of rotatable bonds is 5. The molecule has 0 saturated carbocycles. The molecule has 2 atom stereocenters. The first-order chi connectivity index (χ1) is 14.5. The Hall–Kier alpha value is -2.70. The summed E-state index contributed by atoms with van der Waals surface area (Å²) in [6, 6.07) is 19.4. The van der Waals surface area contributed by atoms with Crippen LogP contribution in [0.1, 0.15) is 42.2 Å². The Bertz CT molecular complexity index is 1050. The molecule has 0 aliphatic carbocycles. The number of halogens is 2. The predicted molar refractivity (Wildman–Crippen MR) is 120 cm³/mol. The topological polar surface area (TPSA) is 53.8 Å². The molecule has 1 heterocycles. The standard InChI is InChI=1S/C24H22BrFN2O2/c1-2-30-19-10-5-15(6-11-19)21-14-22(20-13-17(25)7-12-23(20)29)28-24(27-21)16-3-8-18(26)9-4-16/h3-13,22,24,28-29H,2,14H2,1H3. The maximum Gasteiger partial charge on any atom is 0.126 e. The number of benzene rings is 3. The second-order valence-corrected chi connectivity index (χ2v) is 8.03. The maximum atomic E-state index is 13.4. The molecule has 2 unspecified atom stereocenters. The lowest BCUT2D eigenvalue weighted by molar-refractivity contribution is 0.340. The molecule has 3 aromatic carbocycles. The van der Waals surface area contributed by atoms with Crippen LogP contribution in [0.25, 0.3) is 0 Å². The Kier molecular flexibility index (Phi) is 6.16. The molecule has 1 aliphatic rings. The third-order valence-electron chi connectivity index (χ3n) is 5.09. The molecule has 0 amide bonds. The summed E-state index contributed by atoms with van der Waals surface area (Å²) in [5, 5.41) is 14.0. The van der Waals surface area contributed by atoms with Crippen molar-refractivity contribution in [2.24, 2.45) is 4.99 Å². The highest BCUT2D eigenvalue weighted by Crippen LogP contribution is 2.36. The van der Waals surface area contributed by atoms with Gasteiger partial charge in [0, 0.05) is 28.2 Å². The van der Waals surface area contributed by atoms with Crippen LogP contribution in [-0.2, 0) is 0 Å². The fourth-order valence-corrected chi connectivity index (χ4v) is 3.99. The van der Waals surface area contributed by atoms with Gasteiger partial charge in [-0.1, -0.05) is 28.1 Å². The van der Waals surface area contributed by atoms with Crippen LogP contribution in [0.5, 0.6) is 11.5 Å². The summed E-state index contributed by atoms with van der Waals surface area (Å²) in [7, 11) is 0. The number of phenols is 1. The molecule has 2 N–H and O–H groups in total. The molecule has 4 nitrogen and oxygen atoms in total. The molecule has 154 valence electrons. The van der Waals surface area contributed by atoms with Crippen molar-refractivity contribution in [2.45, 2.75) is 25.6 Å². The summed E-state index contributed by atoms with van der Waals surface area (Å²) < 4.78 is 19.9. The van der Waals surface area contributed by atoms with Crippen LogP contribution in [0.2, 0.25) is 0 Å². The van der Waals surface area contributed by atoms with Gasteiger partial charge in [0.2, 0.25) is 0 Å². The van der Waals surface area contributed by atoms with Crippen molar-refractivity contribution in [1.29, 1.82) is 0 Å². The quantitative estimate of drug-likeness (QED) is 0.488. The molecule has 4 rings (SSSR count). The van der Waals surface area contributed by atoms with Gasteiger partial charge in [-0.25, -0.2) is 4.39 Å². The van der Waals surface area contributed by atoms with E-state index in [2.05, 4.69) is 21.2 Å². The van der Waals surface area contributed by atoms with Crippen LogP contribution in [0, 0.1) is 5.82 Å². The van der Waals surface area contributed by atoms with Gasteiger partial charge in [0.15, 0.2) is 0 Å². The van der Waals surface area contributed by atoms with Gasteiger partial charge in [-0.15, -0.1) is 0 Å². The predicted octanol–water partition coefficient (Wildman–Crippen LogP) is 5.92. The van der Waals surface area contributed by atoms with Crippen molar-refractivity contribution in [1.82, 2.24) is 5.32 Å². The summed E-state index contributed by atoms with van der Waals surface area (Å²) in [6.45, 7) is 2.56. The van der Waals surface area contributed by atoms with E-state index in [0.29, 0.717) is 13.0 Å². The number of nitrogens with zero attached hydrogens (tertiary/aromatic N) is 1. The first kappa shape index (κ1) is 20.6. The zero-order valence-electron chi connectivity index (χ0n) is 16.5. The van der Waals surface area contributed by atoms with E-state index >= 15 is 0 Å². The summed E-state index contributed by atoms with van der Waals surface area (Å²) >= 11 is 3.49. The number of hydrogen-bond acceptors (Lipinski definition) is 4. The third kappa shape index (κ3) is 4.55. The molecule has 6 heteroatoms. The molecule has 0 aromatic heterocycles. The van der Waals surface area contributed by atoms with Gasteiger partial charge in [0.25, 0.3) is 0 Å². The first-order valence-electron chi connectivity index (χ1n) is 9.83. The van der Waals surface area contributed by atoms with E-state index in [4.69, 9.17) is 9.73 Å². The Labute approximate surface area is 183 Å². The highest BCUT2D eigenvalue weighted by atomic mass is 79.9. The molecule has 0 saturated heterocycles. The van der Waals surface area contributed by atoms with E-state index < -0.39 is 0 Å². The van der Waals surface area contributed by atoms with E-state index in [1.54, 1.807) is 24.3 Å². The van der Waals surface area contributed by atoms with Crippen LogP contribution in [-0.4, -0.2) is 17.4 Å². The molecule has 0 bridgehead atoms. The molecule has 3 aromatic rings. The third-order valence-corrected chi connectivity index (χ3v) is 5.58. The Morgan fingerprint density at radius 1 is 1.10 bits per heavy atom. The Morgan fingerprint density at radius 2 is 1.83 bits per heavy atom. The molecular formula is C24H22BrFN2O2. The van der Waals surface area contributed by atoms with Gasteiger partial charge in [0.05, 0.1) is 6.61 Å². The van der Waals surface area contributed by atoms with Gasteiger partial charge in [0.1, 0.15) is 23.5 Å². The minimum atomic E-state index is -0.357. The highest BCUT2D eigenvalue weighted by molar-refractivity contribution is 9.10. The minimum absolute atomic E-state index is 0.156. The number of aliphatic imine (C=N–C) groups is 1. The van der Waals surface area contributed by atoms with Crippen molar-refractivity contribution < 1.29 is 14.2 Å². The van der Waals surface area contributed by atoms with E-state index in [-0.39, 0.29) is 23.8 Å². The van der Waals surface area contributed by atoms with E-state index in [0.717, 1.165) is 32.6 Å². The van der Waals surface area contributed by atoms with E-state index in [1.807, 2.05) is 37.3 Å². The van der Waals surface area contributed by atoms with Crippen molar-refractivity contribution in [3.05, 3.63) is 93.7 Å². The van der Waals surface area contributed by atoms with Crippen molar-refractivity contribution in [3.63, 3.8) is 0 Å². The van der Waals surface area contributed by atoms with Crippen molar-refractivity contribution in [3.8, 4) is 11.5 Å². The van der Waals surface area contributed by atoms with Gasteiger partial charge >= 0.3 is 0 Å². The lowest BCUT2D eigenvalue weighted by atomic mass is 9.93. The fourth-order valence-electron chi connectivity index (χ4n) is 3.61. The van der Waals surface area contributed by atoms with Gasteiger partial charge in [-0.05, 0) is 72.6 Å². The minimum Gasteiger partial charge on any atom is -0.508 e. The van der Waals surface area contributed by atoms with Gasteiger partial charge in [-0.2, -0.15) is 0 Å². The first-order valence-corrected chi connectivity index (χ1v) is 10.6. The lowest BCUT2D eigenvalue weighted by Crippen LogP contribution is -2.33. The van der Waals surface area contributed by atoms with Crippen LogP contribution >= 0.6 is 15.9 Å². The molecule has 1 aliphatic heterocycles. The molecule has 30 heavy (non-hydrogen) atoms. The second kappa shape index (κ2) is 8.98. The SMILES string of the molecule is CCOc1ccc(C2=NC(c3ccc(F)cc3)NC(c3cc(Br)ccc3O)C2)cc1. The van der Waals surface area contributed by atoms with Crippen LogP contribution in [0.4, 0.5) is 4.39 Å². The van der Waals surface area contributed by atoms with Crippen LogP contribution < -0.4 is 10.1 Å². The zero-order chi connectivity index (χ0) is 21.1. The highest BCUT2D eigenvalue weighted by Gasteiger charge is 2.28. The van der Waals surface area contributed by atoms with Crippen LogP contribution in [0.3, 0.4) is 0 Å². The summed E-state index contributed by atoms with van der Waals surface area (Å²) in [6.07, 6.45) is 0.250. The van der Waals surface area contributed by atoms with Gasteiger partial charge in [-0.3, -0.25) is 10.3 Å². The normalized spacial score (nSPS) is 18.7. The molecule has 0 spiro atoms. The van der Waals surface area contributed by atoms with Gasteiger partial charge < -0.3 is 9.84 Å². The largest absolute Gasteiger partial charge is 0.508 e. The molecule has 0 radical (unpaired) electrons. The van der Waals surface area contributed by atoms with E-state index in [9.17, 15) is 9.50 Å². The zero-order valence-corrected chi connectivity index (χ0v) is 18.1. The monoisotopic (exact) mass is 468 g/mol. The maximum absolute atomic E-state index is 13.4. The average Bonchev–Trinajstić information content (AvgIpc) is 2.76. The van der Waals surface area contributed by atoms with Crippen molar-refractivity contribution >= 4 is 21.6 Å². The van der Waals surface area contributed by atoms with E-state index in [1.165, 1.54) is 12.1 Å². The fraction of sp³-hybridized carbons (Fsp3) is 0.208. The number of nitrogens with one attached hydrogen (secondary N) is 1. The summed E-state index contributed by atoms with van der Waals surface area (Å²) in [4.78, 5) is 4.90. The summed E-state index contributed by atoms with van der Waals surface area (Å²) in [5.74, 6) is 0.750.